The first kappa shape index (κ1) is 9.21. The molecule has 0 amide bonds. The summed E-state index contributed by atoms with van der Waals surface area (Å²) in [7, 11) is 0. The molecule has 0 aromatic carbocycles. The first-order valence-corrected chi connectivity index (χ1v) is 4.77. The molecule has 1 aromatic heterocycles. The highest BCUT2D eigenvalue weighted by molar-refractivity contribution is 5.35. The summed E-state index contributed by atoms with van der Waals surface area (Å²) < 4.78 is 5.26. The number of anilines is 2. The number of ether oxygens (including phenoxy) is 1. The van der Waals surface area contributed by atoms with Crippen molar-refractivity contribution in [2.45, 2.75) is 18.9 Å². The molecule has 1 fully saturated rings. The van der Waals surface area contributed by atoms with E-state index in [1.807, 2.05) is 0 Å². The topological polar surface area (TPSA) is 73.1 Å². The SMILES string of the molecule is Nc1ccnc(NC2CCOCC2)n1. The van der Waals surface area contributed by atoms with Crippen molar-refractivity contribution in [2.24, 2.45) is 0 Å². The number of nitrogens with two attached hydrogens (primary N) is 1. The van der Waals surface area contributed by atoms with Crippen LogP contribution >= 0.6 is 0 Å². The fourth-order valence-corrected chi connectivity index (χ4v) is 1.47. The standard InChI is InChI=1S/C9H14N4O/c10-8-1-4-11-9(13-8)12-7-2-5-14-6-3-7/h1,4,7H,2-3,5-6H2,(H3,10,11,12,13). The smallest absolute Gasteiger partial charge is 0.224 e. The lowest BCUT2D eigenvalue weighted by Gasteiger charge is -2.22. The molecule has 14 heavy (non-hydrogen) atoms. The molecule has 5 heteroatoms. The monoisotopic (exact) mass is 194 g/mol. The molecule has 0 spiro atoms. The molecule has 0 saturated carbocycles. The van der Waals surface area contributed by atoms with Gasteiger partial charge >= 0.3 is 0 Å². The van der Waals surface area contributed by atoms with Crippen molar-refractivity contribution in [1.82, 2.24) is 9.97 Å². The number of nitrogens with one attached hydrogen (secondary N) is 1. The minimum Gasteiger partial charge on any atom is -0.384 e. The maximum absolute atomic E-state index is 5.55. The van der Waals surface area contributed by atoms with E-state index in [0.29, 0.717) is 17.8 Å². The number of hydrogen-bond donors (Lipinski definition) is 2. The lowest BCUT2D eigenvalue weighted by atomic mass is 10.1. The van der Waals surface area contributed by atoms with Crippen LogP contribution in [0, 0.1) is 0 Å². The van der Waals surface area contributed by atoms with Crippen LogP contribution in [0.2, 0.25) is 0 Å². The molecule has 5 nitrogen and oxygen atoms in total. The van der Waals surface area contributed by atoms with E-state index in [1.54, 1.807) is 12.3 Å². The Balaban J connectivity index is 1.95. The van der Waals surface area contributed by atoms with E-state index in [2.05, 4.69) is 15.3 Å². The van der Waals surface area contributed by atoms with Crippen LogP contribution < -0.4 is 11.1 Å². The summed E-state index contributed by atoms with van der Waals surface area (Å²) in [5.41, 5.74) is 5.55. The molecule has 2 heterocycles. The van der Waals surface area contributed by atoms with Crippen LogP contribution in [0.4, 0.5) is 11.8 Å². The quantitative estimate of drug-likeness (QED) is 0.723. The molecule has 2 rings (SSSR count). The summed E-state index contributed by atoms with van der Waals surface area (Å²) in [4.78, 5) is 8.17. The first-order chi connectivity index (χ1) is 6.84. The predicted octanol–water partition coefficient (Wildman–Crippen LogP) is 0.650. The Morgan fingerprint density at radius 2 is 2.21 bits per heavy atom. The molecule has 76 valence electrons. The second-order valence-electron chi connectivity index (χ2n) is 3.34. The van der Waals surface area contributed by atoms with Gasteiger partial charge in [-0.15, -0.1) is 0 Å². The van der Waals surface area contributed by atoms with Gasteiger partial charge in [0.25, 0.3) is 0 Å². The highest BCUT2D eigenvalue weighted by Crippen LogP contribution is 2.11. The van der Waals surface area contributed by atoms with Crippen LogP contribution in [-0.4, -0.2) is 29.2 Å². The van der Waals surface area contributed by atoms with Crippen molar-refractivity contribution in [2.75, 3.05) is 24.3 Å². The zero-order valence-electron chi connectivity index (χ0n) is 7.94. The highest BCUT2D eigenvalue weighted by atomic mass is 16.5. The molecular weight excluding hydrogens is 180 g/mol. The summed E-state index contributed by atoms with van der Waals surface area (Å²) in [5.74, 6) is 1.10. The third-order valence-corrected chi connectivity index (χ3v) is 2.23. The largest absolute Gasteiger partial charge is 0.384 e. The molecule has 0 bridgehead atoms. The molecule has 1 aliphatic rings. The number of aromatic nitrogens is 2. The minimum atomic E-state index is 0.408. The summed E-state index contributed by atoms with van der Waals surface area (Å²) in [6.45, 7) is 1.61. The van der Waals surface area contributed by atoms with Gasteiger partial charge in [0.1, 0.15) is 5.82 Å². The van der Waals surface area contributed by atoms with Gasteiger partial charge in [0, 0.05) is 25.5 Å². The number of nitrogens with zero attached hydrogens (tertiary/aromatic N) is 2. The van der Waals surface area contributed by atoms with Crippen LogP contribution in [0.3, 0.4) is 0 Å². The number of rotatable bonds is 2. The molecule has 1 saturated heterocycles. The van der Waals surface area contributed by atoms with E-state index >= 15 is 0 Å². The molecule has 0 atom stereocenters. The van der Waals surface area contributed by atoms with Gasteiger partial charge in [0.15, 0.2) is 0 Å². The third-order valence-electron chi connectivity index (χ3n) is 2.23. The fourth-order valence-electron chi connectivity index (χ4n) is 1.47. The molecule has 1 aliphatic heterocycles. The Morgan fingerprint density at radius 1 is 1.43 bits per heavy atom. The predicted molar refractivity (Wildman–Crippen MR) is 53.9 cm³/mol. The van der Waals surface area contributed by atoms with Gasteiger partial charge in [-0.1, -0.05) is 0 Å². The van der Waals surface area contributed by atoms with Crippen molar-refractivity contribution in [1.29, 1.82) is 0 Å². The Morgan fingerprint density at radius 3 is 2.93 bits per heavy atom. The average molecular weight is 194 g/mol. The van der Waals surface area contributed by atoms with E-state index in [9.17, 15) is 0 Å². The summed E-state index contributed by atoms with van der Waals surface area (Å²) in [5, 5.41) is 3.24. The van der Waals surface area contributed by atoms with Gasteiger partial charge < -0.3 is 15.8 Å². The molecule has 0 radical (unpaired) electrons. The van der Waals surface area contributed by atoms with Gasteiger partial charge in [0.05, 0.1) is 0 Å². The van der Waals surface area contributed by atoms with E-state index in [-0.39, 0.29) is 0 Å². The van der Waals surface area contributed by atoms with Crippen molar-refractivity contribution in [3.63, 3.8) is 0 Å². The van der Waals surface area contributed by atoms with Gasteiger partial charge in [-0.2, -0.15) is 4.98 Å². The Kier molecular flexibility index (Phi) is 2.78. The van der Waals surface area contributed by atoms with Crippen LogP contribution in [0.5, 0.6) is 0 Å². The lowest BCUT2D eigenvalue weighted by molar-refractivity contribution is 0.0903. The highest BCUT2D eigenvalue weighted by Gasteiger charge is 2.14. The zero-order chi connectivity index (χ0) is 9.80. The molecule has 0 aliphatic carbocycles. The molecular formula is C9H14N4O. The second-order valence-corrected chi connectivity index (χ2v) is 3.34. The summed E-state index contributed by atoms with van der Waals surface area (Å²) in [6, 6.07) is 2.08. The van der Waals surface area contributed by atoms with Crippen LogP contribution in [0.1, 0.15) is 12.8 Å². The van der Waals surface area contributed by atoms with E-state index in [1.165, 1.54) is 0 Å². The molecule has 0 unspecified atom stereocenters. The van der Waals surface area contributed by atoms with Crippen LogP contribution in [0.15, 0.2) is 12.3 Å². The fraction of sp³-hybridized carbons (Fsp3) is 0.556. The summed E-state index contributed by atoms with van der Waals surface area (Å²) >= 11 is 0. The minimum absolute atomic E-state index is 0.408. The average Bonchev–Trinajstić information content (AvgIpc) is 2.19. The molecule has 3 N–H and O–H groups in total. The second kappa shape index (κ2) is 4.23. The molecule has 1 aromatic rings. The van der Waals surface area contributed by atoms with Crippen molar-refractivity contribution in [3.05, 3.63) is 12.3 Å². The lowest BCUT2D eigenvalue weighted by Crippen LogP contribution is -2.28. The third kappa shape index (κ3) is 2.32. The number of nitrogen functional groups attached to an aromatic ring is 1. The Labute approximate surface area is 82.7 Å². The van der Waals surface area contributed by atoms with E-state index < -0.39 is 0 Å². The Hall–Kier alpha value is -1.36. The number of hydrogen-bond acceptors (Lipinski definition) is 5. The normalized spacial score (nSPS) is 18.0. The van der Waals surface area contributed by atoms with Crippen molar-refractivity contribution < 1.29 is 4.74 Å². The summed E-state index contributed by atoms with van der Waals surface area (Å²) in [6.07, 6.45) is 3.65. The van der Waals surface area contributed by atoms with E-state index in [0.717, 1.165) is 26.1 Å². The van der Waals surface area contributed by atoms with Gasteiger partial charge in [-0.25, -0.2) is 4.98 Å². The Bertz CT molecular complexity index is 299. The van der Waals surface area contributed by atoms with Gasteiger partial charge in [-0.3, -0.25) is 0 Å². The zero-order valence-corrected chi connectivity index (χ0v) is 7.94. The van der Waals surface area contributed by atoms with Crippen LogP contribution in [0.25, 0.3) is 0 Å². The maximum atomic E-state index is 5.55. The van der Waals surface area contributed by atoms with Crippen molar-refractivity contribution >= 4 is 11.8 Å². The first-order valence-electron chi connectivity index (χ1n) is 4.77. The van der Waals surface area contributed by atoms with E-state index in [4.69, 9.17) is 10.5 Å². The van der Waals surface area contributed by atoms with Gasteiger partial charge in [0.2, 0.25) is 5.95 Å². The van der Waals surface area contributed by atoms with Gasteiger partial charge in [-0.05, 0) is 18.9 Å². The maximum Gasteiger partial charge on any atom is 0.224 e. The van der Waals surface area contributed by atoms with Crippen LogP contribution in [-0.2, 0) is 4.74 Å². The van der Waals surface area contributed by atoms with Crippen molar-refractivity contribution in [3.8, 4) is 0 Å².